The summed E-state index contributed by atoms with van der Waals surface area (Å²) in [5, 5.41) is 0.366. The van der Waals surface area contributed by atoms with Gasteiger partial charge in [-0.05, 0) is 130 Å². The number of anilines is 5. The molecule has 236 valence electrons. The standard InChI is InChI=1S/C42H49BN2S/c1-41(2,3)30-13-16-32(17-14-30)44-35-19-20-46-40(35)43-33-25-31(42(4,5)6)15-18-34(33)45(36-22-26-11-12-28(36)21-26)38-24-29(23-37(44)39(38)43)27-9-7-8-10-27/h13-20,23-28,36H,7-12,21-22H2,1-6H3/i19D,20D. The fourth-order valence-electron chi connectivity index (χ4n) is 9.83. The van der Waals surface area contributed by atoms with Crippen LogP contribution in [-0.2, 0) is 10.8 Å². The Morgan fingerprint density at radius 2 is 1.48 bits per heavy atom. The van der Waals surface area contributed by atoms with Gasteiger partial charge in [0.15, 0.2) is 0 Å². The topological polar surface area (TPSA) is 6.48 Å². The molecule has 0 spiro atoms. The van der Waals surface area contributed by atoms with E-state index in [2.05, 4.69) is 106 Å². The lowest BCUT2D eigenvalue weighted by atomic mass is 9.36. The molecule has 3 heterocycles. The molecule has 4 aromatic rings. The van der Waals surface area contributed by atoms with Crippen molar-refractivity contribution in [2.75, 3.05) is 9.80 Å². The van der Waals surface area contributed by atoms with Gasteiger partial charge in [-0.3, -0.25) is 0 Å². The van der Waals surface area contributed by atoms with Gasteiger partial charge in [0.2, 0.25) is 0 Å². The summed E-state index contributed by atoms with van der Waals surface area (Å²) in [6, 6.07) is 22.4. The van der Waals surface area contributed by atoms with Crippen molar-refractivity contribution in [3.63, 3.8) is 0 Å². The molecule has 2 bridgehead atoms. The van der Waals surface area contributed by atoms with Crippen molar-refractivity contribution in [3.8, 4) is 0 Å². The molecule has 0 N–H and O–H groups in total. The average molecular weight is 627 g/mol. The first-order chi connectivity index (χ1) is 22.9. The lowest BCUT2D eigenvalue weighted by molar-refractivity contribution is 0.413. The molecule has 2 aliphatic heterocycles. The van der Waals surface area contributed by atoms with Crippen molar-refractivity contribution in [1.29, 1.82) is 0 Å². The Kier molecular flexibility index (Phi) is 6.03. The highest BCUT2D eigenvalue weighted by Gasteiger charge is 2.50. The maximum Gasteiger partial charge on any atom is 0.264 e. The minimum Gasteiger partial charge on any atom is -0.339 e. The van der Waals surface area contributed by atoms with Crippen LogP contribution in [0.1, 0.15) is 118 Å². The van der Waals surface area contributed by atoms with Gasteiger partial charge in [-0.1, -0.05) is 85.1 Å². The van der Waals surface area contributed by atoms with Gasteiger partial charge in [0.25, 0.3) is 6.71 Å². The first-order valence-corrected chi connectivity index (χ1v) is 18.8. The van der Waals surface area contributed by atoms with Crippen molar-refractivity contribution in [1.82, 2.24) is 0 Å². The first kappa shape index (κ1) is 27.0. The Bertz CT molecular complexity index is 1930. The van der Waals surface area contributed by atoms with Crippen LogP contribution in [0.2, 0.25) is 0 Å². The summed E-state index contributed by atoms with van der Waals surface area (Å²) in [6.07, 6.45) is 10.5. The van der Waals surface area contributed by atoms with E-state index < -0.39 is 0 Å². The SMILES string of the molecule is [2H]c1sc2c(c1[2H])N(c1ccc(C(C)(C)C)cc1)c1cc(C3CCCC3)cc3c1B2c1cc(C(C)(C)C)ccc1N3C1CC2CCC1C2. The Morgan fingerprint density at radius 3 is 2.15 bits per heavy atom. The van der Waals surface area contributed by atoms with E-state index >= 15 is 0 Å². The lowest BCUT2D eigenvalue weighted by Gasteiger charge is -2.47. The molecular weight excluding hydrogens is 575 g/mol. The van der Waals surface area contributed by atoms with E-state index in [0.717, 1.165) is 28.0 Å². The zero-order chi connectivity index (χ0) is 33.3. The van der Waals surface area contributed by atoms with Crippen LogP contribution in [0.4, 0.5) is 28.4 Å². The van der Waals surface area contributed by atoms with Gasteiger partial charge in [-0.25, -0.2) is 0 Å². The summed E-state index contributed by atoms with van der Waals surface area (Å²) in [5.41, 5.74) is 13.0. The van der Waals surface area contributed by atoms with E-state index in [1.165, 1.54) is 107 Å². The smallest absolute Gasteiger partial charge is 0.264 e. The van der Waals surface area contributed by atoms with Gasteiger partial charge in [0.1, 0.15) is 0 Å². The average Bonchev–Trinajstić information content (AvgIpc) is 3.87. The van der Waals surface area contributed by atoms with E-state index in [4.69, 9.17) is 1.37 Å². The molecule has 0 amide bonds. The summed E-state index contributed by atoms with van der Waals surface area (Å²) in [5.74, 6) is 2.17. The van der Waals surface area contributed by atoms with Gasteiger partial charge in [0.05, 0.1) is 8.43 Å². The fraction of sp³-hybridized carbons (Fsp3) is 0.476. The second-order valence-electron chi connectivity index (χ2n) is 17.2. The van der Waals surface area contributed by atoms with Crippen molar-refractivity contribution >= 4 is 62.2 Å². The minimum absolute atomic E-state index is 0.0214. The molecule has 3 aliphatic carbocycles. The van der Waals surface area contributed by atoms with Crippen LogP contribution in [-0.4, -0.2) is 12.8 Å². The normalized spacial score (nSPS) is 24.2. The van der Waals surface area contributed by atoms with Gasteiger partial charge in [0, 0.05) is 33.6 Å². The summed E-state index contributed by atoms with van der Waals surface area (Å²) in [6.45, 7) is 13.8. The van der Waals surface area contributed by atoms with Gasteiger partial charge in [-0.2, -0.15) is 11.3 Å². The molecule has 9 rings (SSSR count). The number of rotatable bonds is 3. The van der Waals surface area contributed by atoms with E-state index in [1.807, 2.05) is 0 Å². The van der Waals surface area contributed by atoms with Gasteiger partial charge in [-0.15, -0.1) is 0 Å². The Hall–Kier alpha value is -2.98. The number of fused-ring (bicyclic) bond motifs is 6. The van der Waals surface area contributed by atoms with E-state index in [9.17, 15) is 1.37 Å². The number of thiophene rings is 1. The predicted octanol–water partition coefficient (Wildman–Crippen LogP) is 9.94. The highest BCUT2D eigenvalue weighted by molar-refractivity contribution is 7.28. The van der Waals surface area contributed by atoms with Crippen LogP contribution in [0.15, 0.2) is 66.0 Å². The highest BCUT2D eigenvalue weighted by atomic mass is 32.1. The summed E-state index contributed by atoms with van der Waals surface area (Å²) < 4.78 is 19.6. The number of benzene rings is 3. The molecule has 3 atom stereocenters. The molecule has 4 heteroatoms. The quantitative estimate of drug-likeness (QED) is 0.184. The number of hydrogen-bond acceptors (Lipinski definition) is 3. The number of nitrogens with zero attached hydrogens (tertiary/aromatic N) is 2. The monoisotopic (exact) mass is 626 g/mol. The van der Waals surface area contributed by atoms with E-state index in [0.29, 0.717) is 23.4 Å². The van der Waals surface area contributed by atoms with Crippen LogP contribution in [0.25, 0.3) is 0 Å². The summed E-state index contributed by atoms with van der Waals surface area (Å²) in [7, 11) is 0. The van der Waals surface area contributed by atoms with Gasteiger partial charge >= 0.3 is 0 Å². The van der Waals surface area contributed by atoms with Crippen LogP contribution in [0.3, 0.4) is 0 Å². The zero-order valence-electron chi connectivity index (χ0n) is 30.5. The van der Waals surface area contributed by atoms with Crippen molar-refractivity contribution in [3.05, 3.63) is 82.7 Å². The third-order valence-electron chi connectivity index (χ3n) is 12.3. The molecule has 3 aromatic carbocycles. The van der Waals surface area contributed by atoms with Gasteiger partial charge < -0.3 is 9.80 Å². The summed E-state index contributed by atoms with van der Waals surface area (Å²) in [4.78, 5) is 5.21. The maximum absolute atomic E-state index is 9.40. The fourth-order valence-corrected chi connectivity index (χ4v) is 10.7. The van der Waals surface area contributed by atoms with Crippen molar-refractivity contribution in [2.24, 2.45) is 11.8 Å². The van der Waals surface area contributed by atoms with Crippen LogP contribution in [0.5, 0.6) is 0 Å². The molecule has 46 heavy (non-hydrogen) atoms. The molecule has 3 saturated carbocycles. The first-order valence-electron chi connectivity index (χ1n) is 19.0. The predicted molar refractivity (Wildman–Crippen MR) is 200 cm³/mol. The summed E-state index contributed by atoms with van der Waals surface area (Å²) >= 11 is 1.53. The van der Waals surface area contributed by atoms with Crippen LogP contribution >= 0.6 is 11.3 Å². The van der Waals surface area contributed by atoms with Crippen LogP contribution in [0, 0.1) is 11.8 Å². The largest absolute Gasteiger partial charge is 0.339 e. The number of hydrogen-bond donors (Lipinski definition) is 0. The van der Waals surface area contributed by atoms with Crippen molar-refractivity contribution < 1.29 is 2.74 Å². The van der Waals surface area contributed by atoms with E-state index in [-0.39, 0.29) is 17.5 Å². The third kappa shape index (κ3) is 4.41. The molecular formula is C42H49BN2S. The van der Waals surface area contributed by atoms with E-state index in [1.54, 1.807) is 0 Å². The molecule has 3 fully saturated rings. The van der Waals surface area contributed by atoms with Crippen LogP contribution < -0.4 is 25.5 Å². The Morgan fingerprint density at radius 1 is 0.761 bits per heavy atom. The Labute approximate surface area is 284 Å². The van der Waals surface area contributed by atoms with Crippen molar-refractivity contribution in [2.45, 2.75) is 116 Å². The molecule has 2 nitrogen and oxygen atoms in total. The molecule has 3 unspecified atom stereocenters. The molecule has 1 aromatic heterocycles. The Balaban J connectivity index is 1.35. The molecule has 0 saturated heterocycles. The lowest BCUT2D eigenvalue weighted by Crippen LogP contribution is -2.62. The highest BCUT2D eigenvalue weighted by Crippen LogP contribution is 2.52. The molecule has 5 aliphatic rings. The second kappa shape index (κ2) is 10.3. The second-order valence-corrected chi connectivity index (χ2v) is 18.0. The maximum atomic E-state index is 9.40. The third-order valence-corrected chi connectivity index (χ3v) is 13.2. The molecule has 0 radical (unpaired) electrons. The minimum atomic E-state index is 0.0214. The zero-order valence-corrected chi connectivity index (χ0v) is 29.4.